The molecule has 0 fully saturated rings. The van der Waals surface area contributed by atoms with Gasteiger partial charge in [0, 0.05) is 16.6 Å². The first kappa shape index (κ1) is 17.9. The van der Waals surface area contributed by atoms with Crippen molar-refractivity contribution >= 4 is 40.7 Å². The zero-order chi connectivity index (χ0) is 18.4. The van der Waals surface area contributed by atoms with Crippen molar-refractivity contribution in [3.8, 4) is 6.07 Å². The van der Waals surface area contributed by atoms with E-state index in [9.17, 15) is 0 Å². The van der Waals surface area contributed by atoms with Crippen LogP contribution in [0.2, 0.25) is 10.0 Å². The van der Waals surface area contributed by atoms with Crippen LogP contribution in [0.25, 0.3) is 0 Å². The van der Waals surface area contributed by atoms with Crippen molar-refractivity contribution in [3.63, 3.8) is 0 Å². The van der Waals surface area contributed by atoms with Gasteiger partial charge in [-0.25, -0.2) is 0 Å². The van der Waals surface area contributed by atoms with E-state index in [4.69, 9.17) is 28.5 Å². The number of anilines is 3. The Labute approximate surface area is 160 Å². The number of nitrogens with one attached hydrogen (secondary N) is 2. The van der Waals surface area contributed by atoms with E-state index in [1.54, 1.807) is 24.3 Å². The Balaban J connectivity index is 1.63. The lowest BCUT2D eigenvalue weighted by Gasteiger charge is -2.09. The summed E-state index contributed by atoms with van der Waals surface area (Å²) in [5.74, 6) is 0.879. The molecular weight excluding hydrogens is 371 g/mol. The van der Waals surface area contributed by atoms with Crippen molar-refractivity contribution in [3.05, 3.63) is 69.8 Å². The smallest absolute Gasteiger partial charge is 0.249 e. The van der Waals surface area contributed by atoms with E-state index < -0.39 is 0 Å². The molecule has 0 bridgehead atoms. The van der Waals surface area contributed by atoms with Crippen LogP contribution in [-0.4, -0.2) is 21.7 Å². The summed E-state index contributed by atoms with van der Waals surface area (Å²) >= 11 is 12.1. The van der Waals surface area contributed by atoms with E-state index in [2.05, 4.69) is 31.9 Å². The Bertz CT molecular complexity index is 954. The first-order valence-electron chi connectivity index (χ1n) is 7.79. The third-order valence-electron chi connectivity index (χ3n) is 3.57. The molecule has 8 heteroatoms. The lowest BCUT2D eigenvalue weighted by Crippen LogP contribution is -2.09. The van der Waals surface area contributed by atoms with Crippen molar-refractivity contribution in [2.75, 3.05) is 17.2 Å². The number of rotatable bonds is 6. The molecule has 0 saturated carbocycles. The van der Waals surface area contributed by atoms with Crippen molar-refractivity contribution in [1.82, 2.24) is 15.2 Å². The molecule has 0 spiro atoms. The highest BCUT2D eigenvalue weighted by molar-refractivity contribution is 6.35. The number of nitriles is 1. The Morgan fingerprint density at radius 3 is 2.77 bits per heavy atom. The van der Waals surface area contributed by atoms with Crippen LogP contribution in [0.15, 0.2) is 48.7 Å². The zero-order valence-corrected chi connectivity index (χ0v) is 15.1. The number of nitrogens with zero attached hydrogens (tertiary/aromatic N) is 4. The summed E-state index contributed by atoms with van der Waals surface area (Å²) in [5, 5.41) is 24.4. The summed E-state index contributed by atoms with van der Waals surface area (Å²) in [6, 6.07) is 14.7. The van der Waals surface area contributed by atoms with Crippen LogP contribution in [0.5, 0.6) is 0 Å². The van der Waals surface area contributed by atoms with Gasteiger partial charge in [-0.05, 0) is 36.2 Å². The predicted molar refractivity (Wildman–Crippen MR) is 103 cm³/mol. The molecule has 3 rings (SSSR count). The molecular formula is C18H14Cl2N6. The number of hydrogen-bond acceptors (Lipinski definition) is 6. The minimum absolute atomic E-state index is 0.308. The van der Waals surface area contributed by atoms with Gasteiger partial charge in [0.05, 0.1) is 17.4 Å². The highest BCUT2D eigenvalue weighted by atomic mass is 35.5. The van der Waals surface area contributed by atoms with Crippen LogP contribution >= 0.6 is 23.2 Å². The number of aromatic nitrogens is 3. The SMILES string of the molecule is N#Cc1ccccc1Nc1nncc(NCCc2ccc(Cl)cc2Cl)n1. The van der Waals surface area contributed by atoms with Gasteiger partial charge < -0.3 is 10.6 Å². The van der Waals surface area contributed by atoms with E-state index in [1.165, 1.54) is 6.20 Å². The highest BCUT2D eigenvalue weighted by Gasteiger charge is 2.06. The fourth-order valence-electron chi connectivity index (χ4n) is 2.30. The van der Waals surface area contributed by atoms with Crippen molar-refractivity contribution < 1.29 is 0 Å². The fraction of sp³-hybridized carbons (Fsp3) is 0.111. The molecule has 0 saturated heterocycles. The summed E-state index contributed by atoms with van der Waals surface area (Å²) in [6.45, 7) is 0.619. The first-order chi connectivity index (χ1) is 12.7. The number of para-hydroxylation sites is 1. The Morgan fingerprint density at radius 1 is 1.12 bits per heavy atom. The minimum Gasteiger partial charge on any atom is -0.368 e. The Morgan fingerprint density at radius 2 is 1.96 bits per heavy atom. The minimum atomic E-state index is 0.308. The second-order valence-electron chi connectivity index (χ2n) is 5.36. The van der Waals surface area contributed by atoms with E-state index >= 15 is 0 Å². The normalized spacial score (nSPS) is 10.2. The van der Waals surface area contributed by atoms with Gasteiger partial charge in [0.25, 0.3) is 0 Å². The van der Waals surface area contributed by atoms with Gasteiger partial charge in [0.15, 0.2) is 5.82 Å². The van der Waals surface area contributed by atoms with Crippen LogP contribution in [0.3, 0.4) is 0 Å². The summed E-state index contributed by atoms with van der Waals surface area (Å²) in [4.78, 5) is 4.35. The molecule has 0 aliphatic heterocycles. The number of benzene rings is 2. The van der Waals surface area contributed by atoms with Gasteiger partial charge in [-0.1, -0.05) is 41.4 Å². The van der Waals surface area contributed by atoms with Crippen LogP contribution in [0.1, 0.15) is 11.1 Å². The second-order valence-corrected chi connectivity index (χ2v) is 6.20. The van der Waals surface area contributed by atoms with Gasteiger partial charge in [-0.3, -0.25) is 0 Å². The molecule has 0 aliphatic rings. The molecule has 0 amide bonds. The van der Waals surface area contributed by atoms with Gasteiger partial charge in [-0.15, -0.1) is 5.10 Å². The quantitative estimate of drug-likeness (QED) is 0.652. The van der Waals surface area contributed by atoms with Crippen molar-refractivity contribution in [2.24, 2.45) is 0 Å². The maximum absolute atomic E-state index is 9.14. The van der Waals surface area contributed by atoms with E-state index in [1.807, 2.05) is 18.2 Å². The lowest BCUT2D eigenvalue weighted by atomic mass is 10.1. The zero-order valence-electron chi connectivity index (χ0n) is 13.6. The molecule has 3 aromatic rings. The molecule has 2 N–H and O–H groups in total. The third kappa shape index (κ3) is 4.60. The third-order valence-corrected chi connectivity index (χ3v) is 4.16. The first-order valence-corrected chi connectivity index (χ1v) is 8.55. The summed E-state index contributed by atoms with van der Waals surface area (Å²) in [5.41, 5.74) is 2.13. The molecule has 0 aliphatic carbocycles. The molecule has 6 nitrogen and oxygen atoms in total. The van der Waals surface area contributed by atoms with Crippen LogP contribution in [0, 0.1) is 11.3 Å². The average molecular weight is 385 g/mol. The molecule has 0 unspecified atom stereocenters. The second kappa shape index (κ2) is 8.48. The van der Waals surface area contributed by atoms with E-state index in [0.717, 1.165) is 5.56 Å². The van der Waals surface area contributed by atoms with Crippen molar-refractivity contribution in [2.45, 2.75) is 6.42 Å². The Kier molecular flexibility index (Phi) is 5.84. The van der Waals surface area contributed by atoms with Crippen LogP contribution in [-0.2, 0) is 6.42 Å². The molecule has 1 heterocycles. The number of halogens is 2. The predicted octanol–water partition coefficient (Wildman–Crippen LogP) is 4.45. The average Bonchev–Trinajstić information content (AvgIpc) is 2.64. The standard InChI is InChI=1S/C18H14Cl2N6/c19-14-6-5-12(15(20)9-14)7-8-22-17-11-23-26-18(25-17)24-16-4-2-1-3-13(16)10-21/h1-6,9,11H,7-8H2,(H2,22,24,25,26). The molecule has 26 heavy (non-hydrogen) atoms. The van der Waals surface area contributed by atoms with Gasteiger partial charge in [0.2, 0.25) is 5.95 Å². The van der Waals surface area contributed by atoms with E-state index in [0.29, 0.717) is 46.0 Å². The van der Waals surface area contributed by atoms with Gasteiger partial charge >= 0.3 is 0 Å². The molecule has 0 radical (unpaired) electrons. The number of hydrogen-bond donors (Lipinski definition) is 2. The van der Waals surface area contributed by atoms with Crippen LogP contribution in [0.4, 0.5) is 17.5 Å². The molecule has 0 atom stereocenters. The highest BCUT2D eigenvalue weighted by Crippen LogP contribution is 2.21. The maximum atomic E-state index is 9.14. The van der Waals surface area contributed by atoms with Crippen molar-refractivity contribution in [1.29, 1.82) is 5.26 Å². The Hall–Kier alpha value is -2.88. The fourth-order valence-corrected chi connectivity index (χ4v) is 2.80. The van der Waals surface area contributed by atoms with Crippen LogP contribution < -0.4 is 10.6 Å². The largest absolute Gasteiger partial charge is 0.368 e. The maximum Gasteiger partial charge on any atom is 0.249 e. The van der Waals surface area contributed by atoms with Gasteiger partial charge in [-0.2, -0.15) is 15.3 Å². The lowest BCUT2D eigenvalue weighted by molar-refractivity contribution is 0.950. The van der Waals surface area contributed by atoms with E-state index in [-0.39, 0.29) is 0 Å². The molecule has 2 aromatic carbocycles. The molecule has 130 valence electrons. The molecule has 1 aromatic heterocycles. The summed E-state index contributed by atoms with van der Waals surface area (Å²) in [7, 11) is 0. The monoisotopic (exact) mass is 384 g/mol. The summed E-state index contributed by atoms with van der Waals surface area (Å²) in [6.07, 6.45) is 2.24. The summed E-state index contributed by atoms with van der Waals surface area (Å²) < 4.78 is 0. The topological polar surface area (TPSA) is 86.5 Å². The van der Waals surface area contributed by atoms with Gasteiger partial charge in [0.1, 0.15) is 6.07 Å².